The summed E-state index contributed by atoms with van der Waals surface area (Å²) >= 11 is 0. The van der Waals surface area contributed by atoms with Crippen LogP contribution in [0.4, 0.5) is 0 Å². The lowest BCUT2D eigenvalue weighted by molar-refractivity contribution is -0.896. The zero-order valence-corrected chi connectivity index (χ0v) is 18.3. The third kappa shape index (κ3) is 5.02. The van der Waals surface area contributed by atoms with E-state index in [4.69, 9.17) is 9.47 Å². The summed E-state index contributed by atoms with van der Waals surface area (Å²) in [5.74, 6) is 1.62. The van der Waals surface area contributed by atoms with Crippen molar-refractivity contribution < 1.29 is 27.6 Å². The first-order chi connectivity index (χ1) is 13.8. The molecule has 0 saturated carbocycles. The zero-order chi connectivity index (χ0) is 21.0. The molecule has 2 heterocycles. The van der Waals surface area contributed by atoms with Crippen LogP contribution in [0.1, 0.15) is 19.8 Å². The quantitative estimate of drug-likeness (QED) is 0.685. The SMILES string of the molecule is COc1ccc(S(=O)(=O)N2CC[NH+](CC(=O)N3CCC[C@@H](C)C3)CC2)cc1OC. The van der Waals surface area contributed by atoms with Crippen molar-refractivity contribution in [1.29, 1.82) is 0 Å². The Morgan fingerprint density at radius 3 is 2.45 bits per heavy atom. The van der Waals surface area contributed by atoms with Crippen molar-refractivity contribution in [2.45, 2.75) is 24.7 Å². The summed E-state index contributed by atoms with van der Waals surface area (Å²) in [4.78, 5) is 15.9. The molecule has 2 saturated heterocycles. The zero-order valence-electron chi connectivity index (χ0n) is 17.5. The number of piperazine rings is 1. The van der Waals surface area contributed by atoms with Gasteiger partial charge in [0.2, 0.25) is 10.0 Å². The van der Waals surface area contributed by atoms with Gasteiger partial charge in [0.1, 0.15) is 0 Å². The van der Waals surface area contributed by atoms with Crippen LogP contribution in [0.5, 0.6) is 11.5 Å². The minimum Gasteiger partial charge on any atom is -0.493 e. The van der Waals surface area contributed by atoms with Gasteiger partial charge >= 0.3 is 0 Å². The minimum atomic E-state index is -3.61. The molecule has 8 nitrogen and oxygen atoms in total. The van der Waals surface area contributed by atoms with Gasteiger partial charge in [-0.3, -0.25) is 4.79 Å². The van der Waals surface area contributed by atoms with Gasteiger partial charge < -0.3 is 19.3 Å². The van der Waals surface area contributed by atoms with Gasteiger partial charge in [0.15, 0.2) is 18.0 Å². The molecule has 3 rings (SSSR count). The Labute approximate surface area is 173 Å². The van der Waals surface area contributed by atoms with Crippen LogP contribution in [-0.2, 0) is 14.8 Å². The third-order valence-corrected chi connectivity index (χ3v) is 7.73. The summed E-state index contributed by atoms with van der Waals surface area (Å²) in [6.07, 6.45) is 2.25. The molecule has 0 radical (unpaired) electrons. The number of amides is 1. The number of likely N-dealkylation sites (tertiary alicyclic amines) is 1. The van der Waals surface area contributed by atoms with Crippen molar-refractivity contribution in [2.24, 2.45) is 5.92 Å². The highest BCUT2D eigenvalue weighted by molar-refractivity contribution is 7.89. The second-order valence-corrected chi connectivity index (χ2v) is 9.87. The van der Waals surface area contributed by atoms with Crippen molar-refractivity contribution in [2.75, 3.05) is 60.0 Å². The van der Waals surface area contributed by atoms with Gasteiger partial charge in [0.05, 0.1) is 45.3 Å². The second-order valence-electron chi connectivity index (χ2n) is 7.93. The van der Waals surface area contributed by atoms with Crippen molar-refractivity contribution >= 4 is 15.9 Å². The Kier molecular flexibility index (Phi) is 7.02. The van der Waals surface area contributed by atoms with Crippen molar-refractivity contribution in [3.05, 3.63) is 18.2 Å². The van der Waals surface area contributed by atoms with Crippen LogP contribution in [0.3, 0.4) is 0 Å². The molecule has 1 aromatic carbocycles. The Bertz CT molecular complexity index is 821. The first-order valence-electron chi connectivity index (χ1n) is 10.2. The van der Waals surface area contributed by atoms with Crippen molar-refractivity contribution in [3.63, 3.8) is 0 Å². The van der Waals surface area contributed by atoms with Crippen LogP contribution in [0.15, 0.2) is 23.1 Å². The molecule has 9 heteroatoms. The lowest BCUT2D eigenvalue weighted by Gasteiger charge is -2.34. The maximum Gasteiger partial charge on any atom is 0.277 e. The van der Waals surface area contributed by atoms with E-state index < -0.39 is 10.0 Å². The number of ether oxygens (including phenoxy) is 2. The number of carbonyl (C=O) groups excluding carboxylic acids is 1. The van der Waals surface area contributed by atoms with Gasteiger partial charge in [-0.05, 0) is 30.9 Å². The summed E-state index contributed by atoms with van der Waals surface area (Å²) < 4.78 is 37.9. The number of nitrogens with zero attached hydrogens (tertiary/aromatic N) is 2. The van der Waals surface area contributed by atoms with Crippen LogP contribution < -0.4 is 14.4 Å². The molecule has 0 unspecified atom stereocenters. The van der Waals surface area contributed by atoms with E-state index in [0.717, 1.165) is 24.4 Å². The average Bonchev–Trinajstić information content (AvgIpc) is 2.73. The highest BCUT2D eigenvalue weighted by atomic mass is 32.2. The maximum absolute atomic E-state index is 13.0. The van der Waals surface area contributed by atoms with E-state index in [0.29, 0.717) is 50.1 Å². The molecule has 1 N–H and O–H groups in total. The summed E-state index contributed by atoms with van der Waals surface area (Å²) in [5, 5.41) is 0. The smallest absolute Gasteiger partial charge is 0.277 e. The Balaban J connectivity index is 1.59. The Morgan fingerprint density at radius 2 is 1.83 bits per heavy atom. The molecule has 2 fully saturated rings. The van der Waals surface area contributed by atoms with Crippen LogP contribution >= 0.6 is 0 Å². The summed E-state index contributed by atoms with van der Waals surface area (Å²) in [7, 11) is -0.614. The maximum atomic E-state index is 13.0. The highest BCUT2D eigenvalue weighted by Gasteiger charge is 2.33. The average molecular weight is 427 g/mol. The van der Waals surface area contributed by atoms with Crippen molar-refractivity contribution in [3.8, 4) is 11.5 Å². The molecule has 0 spiro atoms. The number of quaternary nitrogens is 1. The van der Waals surface area contributed by atoms with Gasteiger partial charge in [-0.15, -0.1) is 0 Å². The molecule has 1 amide bonds. The van der Waals surface area contributed by atoms with Crippen LogP contribution in [0.2, 0.25) is 0 Å². The van der Waals surface area contributed by atoms with Gasteiger partial charge in [0, 0.05) is 19.2 Å². The third-order valence-electron chi connectivity index (χ3n) is 5.83. The van der Waals surface area contributed by atoms with Gasteiger partial charge in [-0.1, -0.05) is 6.92 Å². The van der Waals surface area contributed by atoms with E-state index >= 15 is 0 Å². The Hall–Kier alpha value is -1.84. The lowest BCUT2D eigenvalue weighted by atomic mass is 10.0. The number of methoxy groups -OCH3 is 2. The minimum absolute atomic E-state index is 0.183. The summed E-state index contributed by atoms with van der Waals surface area (Å²) in [5.41, 5.74) is 0. The first-order valence-corrected chi connectivity index (χ1v) is 11.6. The number of benzene rings is 1. The molecule has 1 aromatic rings. The van der Waals surface area contributed by atoms with Gasteiger partial charge in [0.25, 0.3) is 5.91 Å². The monoisotopic (exact) mass is 426 g/mol. The number of rotatable bonds is 6. The van der Waals surface area contributed by atoms with E-state index in [9.17, 15) is 13.2 Å². The van der Waals surface area contributed by atoms with E-state index in [-0.39, 0.29) is 10.8 Å². The van der Waals surface area contributed by atoms with Gasteiger partial charge in [-0.25, -0.2) is 8.42 Å². The van der Waals surface area contributed by atoms with Crippen LogP contribution in [0.25, 0.3) is 0 Å². The fraction of sp³-hybridized carbons (Fsp3) is 0.650. The number of piperidine rings is 1. The fourth-order valence-electron chi connectivity index (χ4n) is 4.09. The predicted molar refractivity (Wildman–Crippen MR) is 109 cm³/mol. The molecule has 29 heavy (non-hydrogen) atoms. The summed E-state index contributed by atoms with van der Waals surface area (Å²) in [6, 6.07) is 4.64. The second kappa shape index (κ2) is 9.32. The highest BCUT2D eigenvalue weighted by Crippen LogP contribution is 2.30. The molecular weight excluding hydrogens is 394 g/mol. The first kappa shape index (κ1) is 21.9. The van der Waals surface area contributed by atoms with E-state index in [2.05, 4.69) is 6.92 Å². The van der Waals surface area contributed by atoms with E-state index in [1.807, 2.05) is 4.90 Å². The molecule has 162 valence electrons. The lowest BCUT2D eigenvalue weighted by Crippen LogP contribution is -3.15. The molecule has 0 bridgehead atoms. The molecule has 2 aliphatic rings. The summed E-state index contributed by atoms with van der Waals surface area (Å²) in [6.45, 7) is 6.36. The topological polar surface area (TPSA) is 80.6 Å². The van der Waals surface area contributed by atoms with E-state index in [1.54, 1.807) is 6.07 Å². The Morgan fingerprint density at radius 1 is 1.14 bits per heavy atom. The van der Waals surface area contributed by atoms with E-state index in [1.165, 1.54) is 37.1 Å². The number of hydrogen-bond donors (Lipinski definition) is 1. The number of carbonyl (C=O) groups is 1. The van der Waals surface area contributed by atoms with Crippen LogP contribution in [-0.4, -0.2) is 83.6 Å². The molecular formula is C20H32N3O5S+. The molecule has 0 aromatic heterocycles. The molecule has 1 atom stereocenters. The number of hydrogen-bond acceptors (Lipinski definition) is 5. The van der Waals surface area contributed by atoms with Crippen LogP contribution in [0, 0.1) is 5.92 Å². The largest absolute Gasteiger partial charge is 0.493 e. The normalized spacial score (nSPS) is 21.8. The van der Waals surface area contributed by atoms with Gasteiger partial charge in [-0.2, -0.15) is 4.31 Å². The standard InChI is InChI=1S/C20H31N3O5S/c1-16-5-4-8-22(14-16)20(24)15-21-9-11-23(12-10-21)29(25,26)17-6-7-18(27-2)19(13-17)28-3/h6-7,13,16H,4-5,8-12,14-15H2,1-3H3/p+1/t16-/m1/s1. The molecule has 2 aliphatic heterocycles. The number of nitrogens with one attached hydrogen (secondary N) is 1. The predicted octanol–water partition coefficient (Wildman–Crippen LogP) is -0.148. The number of sulfonamides is 1. The molecule has 0 aliphatic carbocycles. The fourth-order valence-corrected chi connectivity index (χ4v) is 5.54. The van der Waals surface area contributed by atoms with Crippen molar-refractivity contribution in [1.82, 2.24) is 9.21 Å².